The Morgan fingerprint density at radius 3 is 2.79 bits per heavy atom. The van der Waals surface area contributed by atoms with Crippen LogP contribution in [0.15, 0.2) is 54.1 Å². The molecule has 1 unspecified atom stereocenters. The normalized spacial score (nSPS) is 36.6. The van der Waals surface area contributed by atoms with Gasteiger partial charge in [0.25, 0.3) is 0 Å². The van der Waals surface area contributed by atoms with E-state index in [1.165, 1.54) is 11.6 Å². The fourth-order valence-electron chi connectivity index (χ4n) is 7.68. The highest BCUT2D eigenvalue weighted by molar-refractivity contribution is 5.77. The molecule has 3 fully saturated rings. The Labute approximate surface area is 225 Å². The highest BCUT2D eigenvalue weighted by atomic mass is 19.1. The van der Waals surface area contributed by atoms with E-state index < -0.39 is 0 Å². The number of carbonyl (C=O) groups excluding carboxylic acids is 2. The second-order valence-corrected chi connectivity index (χ2v) is 11.9. The van der Waals surface area contributed by atoms with Crippen LogP contribution in [0.4, 0.5) is 9.18 Å². The number of carbonyl (C=O) groups is 2. The number of hydrogen-bond acceptors (Lipinski definition) is 4. The fraction of sp³-hybridized carbons (Fsp3) is 0.562. The van der Waals surface area contributed by atoms with Crippen LogP contribution in [0.2, 0.25) is 0 Å². The van der Waals surface area contributed by atoms with E-state index in [9.17, 15) is 14.0 Å². The van der Waals surface area contributed by atoms with E-state index in [1.807, 2.05) is 19.9 Å². The molecular formula is C32H40FNO4. The Hall–Kier alpha value is -2.89. The minimum atomic E-state index is -0.356. The van der Waals surface area contributed by atoms with Crippen LogP contribution in [0.5, 0.6) is 0 Å². The molecule has 5 rings (SSSR count). The van der Waals surface area contributed by atoms with E-state index in [2.05, 4.69) is 43.5 Å². The molecule has 3 aliphatic carbocycles. The number of esters is 1. The summed E-state index contributed by atoms with van der Waals surface area (Å²) in [6.07, 6.45) is 12.9. The standard InChI is InChI=1S/C32H40FNO4/c1-5-37-31(36)34-25-11-13-27-23(17-25)18-29-30(35)38-20(3)32(29,4)28(27)14-10-21-9-12-26(19(2)15-21)22-7-6-8-24(33)16-22/h6-10,12,14,16,19-20,23,25,27-29H,5,11,13,15,17-18H2,1-4H3,(H,34,36)/b14-10+/t19?,20-,23+,25-,27-,28+,29-,32+/m1/s1. The Morgan fingerprint density at radius 1 is 1.24 bits per heavy atom. The van der Waals surface area contributed by atoms with E-state index in [1.54, 1.807) is 12.1 Å². The number of cyclic esters (lactones) is 1. The molecule has 0 radical (unpaired) electrons. The van der Waals surface area contributed by atoms with Crippen molar-refractivity contribution in [2.45, 2.75) is 71.9 Å². The minimum absolute atomic E-state index is 0.0763. The van der Waals surface area contributed by atoms with Gasteiger partial charge in [-0.05, 0) is 98.5 Å². The molecule has 6 heteroatoms. The summed E-state index contributed by atoms with van der Waals surface area (Å²) in [5.74, 6) is 0.850. The Morgan fingerprint density at radius 2 is 2.05 bits per heavy atom. The Balaban J connectivity index is 1.39. The van der Waals surface area contributed by atoms with E-state index >= 15 is 0 Å². The monoisotopic (exact) mass is 521 g/mol. The number of alkyl carbamates (subject to hydrolysis) is 1. The van der Waals surface area contributed by atoms with Gasteiger partial charge in [0, 0.05) is 11.5 Å². The van der Waals surface area contributed by atoms with Crippen LogP contribution in [0.3, 0.4) is 0 Å². The van der Waals surface area contributed by atoms with Gasteiger partial charge >= 0.3 is 12.1 Å². The number of benzene rings is 1. The summed E-state index contributed by atoms with van der Waals surface area (Å²) >= 11 is 0. The summed E-state index contributed by atoms with van der Waals surface area (Å²) in [7, 11) is 0. The van der Waals surface area contributed by atoms with Crippen LogP contribution in [-0.4, -0.2) is 30.8 Å². The molecule has 0 spiro atoms. The molecule has 8 atom stereocenters. The zero-order valence-electron chi connectivity index (χ0n) is 22.9. The molecule has 1 saturated heterocycles. The average molecular weight is 522 g/mol. The second-order valence-electron chi connectivity index (χ2n) is 11.9. The van der Waals surface area contributed by atoms with Gasteiger partial charge in [-0.1, -0.05) is 50.3 Å². The first-order valence-electron chi connectivity index (χ1n) is 14.2. The van der Waals surface area contributed by atoms with Gasteiger partial charge in [-0.15, -0.1) is 0 Å². The number of fused-ring (bicyclic) bond motifs is 2. The summed E-state index contributed by atoms with van der Waals surface area (Å²) in [5, 5.41) is 3.03. The van der Waals surface area contributed by atoms with Gasteiger partial charge in [-0.3, -0.25) is 4.79 Å². The van der Waals surface area contributed by atoms with Gasteiger partial charge < -0.3 is 14.8 Å². The molecular weight excluding hydrogens is 481 g/mol. The van der Waals surface area contributed by atoms with E-state index in [0.717, 1.165) is 43.2 Å². The predicted octanol–water partition coefficient (Wildman–Crippen LogP) is 6.85. The number of ether oxygens (including phenoxy) is 2. The maximum atomic E-state index is 13.8. The summed E-state index contributed by atoms with van der Waals surface area (Å²) in [6, 6.07) is 6.89. The van der Waals surface area contributed by atoms with E-state index in [-0.39, 0.29) is 53.2 Å². The first-order chi connectivity index (χ1) is 18.2. The predicted molar refractivity (Wildman–Crippen MR) is 145 cm³/mol. The zero-order chi connectivity index (χ0) is 27.0. The lowest BCUT2D eigenvalue weighted by Gasteiger charge is -2.52. The van der Waals surface area contributed by atoms with Gasteiger partial charge in [-0.2, -0.15) is 0 Å². The third-order valence-corrected chi connectivity index (χ3v) is 9.79. The lowest BCUT2D eigenvalue weighted by atomic mass is 9.50. The van der Waals surface area contributed by atoms with Crippen LogP contribution in [0, 0.1) is 40.8 Å². The first kappa shape index (κ1) is 26.7. The van der Waals surface area contributed by atoms with Crippen molar-refractivity contribution in [2.24, 2.45) is 35.0 Å². The molecule has 4 aliphatic rings. The molecule has 1 heterocycles. The maximum Gasteiger partial charge on any atom is 0.407 e. The van der Waals surface area contributed by atoms with Gasteiger partial charge in [0.1, 0.15) is 11.9 Å². The van der Waals surface area contributed by atoms with Crippen molar-refractivity contribution in [3.05, 3.63) is 65.5 Å². The Bertz CT molecular complexity index is 1170. The van der Waals surface area contributed by atoms with Crippen molar-refractivity contribution in [3.63, 3.8) is 0 Å². The lowest BCUT2D eigenvalue weighted by molar-refractivity contribution is -0.144. The molecule has 1 aliphatic heterocycles. The third-order valence-electron chi connectivity index (χ3n) is 9.79. The van der Waals surface area contributed by atoms with Crippen LogP contribution in [0.25, 0.3) is 5.57 Å². The summed E-state index contributed by atoms with van der Waals surface area (Å²) in [6.45, 7) is 8.64. The van der Waals surface area contributed by atoms with Crippen LogP contribution >= 0.6 is 0 Å². The number of amides is 1. The quantitative estimate of drug-likeness (QED) is 0.431. The number of nitrogens with one attached hydrogen (secondary N) is 1. The van der Waals surface area contributed by atoms with Crippen molar-refractivity contribution in [2.75, 3.05) is 6.61 Å². The zero-order valence-corrected chi connectivity index (χ0v) is 22.9. The van der Waals surface area contributed by atoms with Crippen LogP contribution in [0.1, 0.15) is 65.4 Å². The molecule has 1 N–H and O–H groups in total. The number of rotatable bonds is 5. The second kappa shape index (κ2) is 10.7. The van der Waals surface area contributed by atoms with Gasteiger partial charge in [0.05, 0.1) is 12.5 Å². The summed E-state index contributed by atoms with van der Waals surface area (Å²) in [5.41, 5.74) is 3.09. The molecule has 5 nitrogen and oxygen atoms in total. The maximum absolute atomic E-state index is 13.8. The van der Waals surface area contributed by atoms with Crippen molar-refractivity contribution in [3.8, 4) is 0 Å². The number of halogens is 1. The van der Waals surface area contributed by atoms with Crippen molar-refractivity contribution < 1.29 is 23.5 Å². The molecule has 38 heavy (non-hydrogen) atoms. The highest BCUT2D eigenvalue weighted by Crippen LogP contribution is 2.60. The number of hydrogen-bond donors (Lipinski definition) is 1. The van der Waals surface area contributed by atoms with Gasteiger partial charge in [0.15, 0.2) is 0 Å². The molecule has 1 aromatic carbocycles. The van der Waals surface area contributed by atoms with E-state index in [4.69, 9.17) is 9.47 Å². The molecule has 1 aromatic rings. The number of allylic oxidation sites excluding steroid dienone is 6. The molecule has 1 amide bonds. The average Bonchev–Trinajstić information content (AvgIpc) is 3.09. The molecule has 204 valence electrons. The largest absolute Gasteiger partial charge is 0.462 e. The van der Waals surface area contributed by atoms with E-state index in [0.29, 0.717) is 18.4 Å². The minimum Gasteiger partial charge on any atom is -0.462 e. The van der Waals surface area contributed by atoms with Crippen LogP contribution < -0.4 is 5.32 Å². The fourth-order valence-corrected chi connectivity index (χ4v) is 7.68. The molecule has 0 bridgehead atoms. The van der Waals surface area contributed by atoms with Gasteiger partial charge in [0.2, 0.25) is 0 Å². The third kappa shape index (κ3) is 4.94. The SMILES string of the molecule is CCOC(=O)N[C@@H]1CC[C@@H]2[C@@H](C1)C[C@@H]1C(=O)O[C@H](C)[C@@]1(C)[C@H]2/C=C/C1=CC=C(c2cccc(F)c2)C(C)C1. The smallest absolute Gasteiger partial charge is 0.407 e. The lowest BCUT2D eigenvalue weighted by Crippen LogP contribution is -2.53. The highest BCUT2D eigenvalue weighted by Gasteiger charge is 2.62. The topological polar surface area (TPSA) is 64.6 Å². The summed E-state index contributed by atoms with van der Waals surface area (Å²) < 4.78 is 24.7. The molecule has 2 saturated carbocycles. The van der Waals surface area contributed by atoms with Gasteiger partial charge in [-0.25, -0.2) is 9.18 Å². The van der Waals surface area contributed by atoms with Crippen molar-refractivity contribution >= 4 is 17.6 Å². The molecule has 0 aromatic heterocycles. The first-order valence-corrected chi connectivity index (χ1v) is 14.2. The Kier molecular flexibility index (Phi) is 7.52. The van der Waals surface area contributed by atoms with Crippen molar-refractivity contribution in [1.29, 1.82) is 0 Å². The van der Waals surface area contributed by atoms with Crippen molar-refractivity contribution in [1.82, 2.24) is 5.32 Å². The summed E-state index contributed by atoms with van der Waals surface area (Å²) in [4.78, 5) is 25.0. The van der Waals surface area contributed by atoms with Crippen LogP contribution in [-0.2, 0) is 14.3 Å².